The van der Waals surface area contributed by atoms with Crippen molar-refractivity contribution in [1.29, 1.82) is 0 Å². The summed E-state index contributed by atoms with van der Waals surface area (Å²) in [6.07, 6.45) is 6.82. The average Bonchev–Trinajstić information content (AvgIpc) is 3.15. The molecule has 0 bridgehead atoms. The van der Waals surface area contributed by atoms with Gasteiger partial charge in [-0.2, -0.15) is 5.10 Å². The molecule has 1 aliphatic carbocycles. The molecular formula is C26H34N4O2. The number of amides is 1. The van der Waals surface area contributed by atoms with Crippen LogP contribution in [-0.2, 0) is 5.60 Å². The van der Waals surface area contributed by atoms with Gasteiger partial charge in [-0.25, -0.2) is 4.98 Å². The first-order valence-electron chi connectivity index (χ1n) is 11.6. The standard InChI is InChI=1S/C26H34N4O2/c1-16(2)18-9-11-20(12-10-18)30-15-19-13-24(21(26(4,5)32)14-23(19)29-30)28-25(31)22-8-6-7-17(3)27-22/h6-8,13-16,18,20,32H,9-12H2,1-5H3,(H,28,31). The molecule has 1 saturated carbocycles. The van der Waals surface area contributed by atoms with Gasteiger partial charge in [0.25, 0.3) is 5.91 Å². The highest BCUT2D eigenvalue weighted by Crippen LogP contribution is 2.37. The molecule has 0 unspecified atom stereocenters. The summed E-state index contributed by atoms with van der Waals surface area (Å²) in [7, 11) is 0. The summed E-state index contributed by atoms with van der Waals surface area (Å²) in [6.45, 7) is 9.92. The summed E-state index contributed by atoms with van der Waals surface area (Å²) in [5, 5.41) is 19.6. The fourth-order valence-electron chi connectivity index (χ4n) is 4.78. The number of hydrogen-bond acceptors (Lipinski definition) is 4. The Morgan fingerprint density at radius 3 is 2.53 bits per heavy atom. The van der Waals surface area contributed by atoms with Gasteiger partial charge in [-0.15, -0.1) is 0 Å². The fraction of sp³-hybridized carbons (Fsp3) is 0.500. The van der Waals surface area contributed by atoms with Crippen molar-refractivity contribution in [2.45, 2.75) is 71.9 Å². The van der Waals surface area contributed by atoms with Crippen LogP contribution in [0, 0.1) is 18.8 Å². The first-order chi connectivity index (χ1) is 15.1. The molecule has 2 N–H and O–H groups in total. The zero-order valence-corrected chi connectivity index (χ0v) is 19.7. The van der Waals surface area contributed by atoms with Crippen molar-refractivity contribution in [1.82, 2.24) is 14.8 Å². The largest absolute Gasteiger partial charge is 0.386 e. The van der Waals surface area contributed by atoms with E-state index in [9.17, 15) is 9.90 Å². The van der Waals surface area contributed by atoms with Gasteiger partial charge in [0.05, 0.1) is 17.2 Å². The second-order valence-electron chi connectivity index (χ2n) is 10.1. The summed E-state index contributed by atoms with van der Waals surface area (Å²) in [4.78, 5) is 17.2. The number of anilines is 1. The Hall–Kier alpha value is -2.73. The van der Waals surface area contributed by atoms with Gasteiger partial charge in [0.1, 0.15) is 5.69 Å². The van der Waals surface area contributed by atoms with E-state index in [1.165, 1.54) is 12.8 Å². The number of fused-ring (bicyclic) bond motifs is 1. The van der Waals surface area contributed by atoms with Crippen LogP contribution < -0.4 is 5.32 Å². The van der Waals surface area contributed by atoms with Crippen LogP contribution in [0.25, 0.3) is 10.9 Å². The van der Waals surface area contributed by atoms with Gasteiger partial charge < -0.3 is 10.4 Å². The summed E-state index contributed by atoms with van der Waals surface area (Å²) in [5.41, 5.74) is 2.06. The minimum atomic E-state index is -1.13. The lowest BCUT2D eigenvalue weighted by Crippen LogP contribution is -2.21. The van der Waals surface area contributed by atoms with Crippen LogP contribution in [-0.4, -0.2) is 25.8 Å². The third-order valence-electron chi connectivity index (χ3n) is 6.75. The van der Waals surface area contributed by atoms with Crippen molar-refractivity contribution < 1.29 is 9.90 Å². The number of rotatable bonds is 5. The van der Waals surface area contributed by atoms with Gasteiger partial charge in [-0.1, -0.05) is 19.9 Å². The summed E-state index contributed by atoms with van der Waals surface area (Å²) in [6, 6.07) is 9.57. The van der Waals surface area contributed by atoms with Gasteiger partial charge in [0.15, 0.2) is 0 Å². The number of carbonyl (C=O) groups is 1. The molecule has 4 rings (SSSR count). The number of nitrogens with zero attached hydrogens (tertiary/aromatic N) is 3. The molecule has 6 heteroatoms. The third kappa shape index (κ3) is 4.70. The van der Waals surface area contributed by atoms with E-state index >= 15 is 0 Å². The Morgan fingerprint density at radius 1 is 1.19 bits per heavy atom. The zero-order chi connectivity index (χ0) is 23.0. The van der Waals surface area contributed by atoms with E-state index in [2.05, 4.69) is 35.0 Å². The second kappa shape index (κ2) is 8.66. The van der Waals surface area contributed by atoms with Crippen LogP contribution in [0.3, 0.4) is 0 Å². The van der Waals surface area contributed by atoms with Crippen molar-refractivity contribution in [3.8, 4) is 0 Å². The first-order valence-corrected chi connectivity index (χ1v) is 11.6. The number of carbonyl (C=O) groups excluding carboxylic acids is 1. The number of aliphatic hydroxyl groups is 1. The van der Waals surface area contributed by atoms with E-state index in [0.29, 0.717) is 23.0 Å². The highest BCUT2D eigenvalue weighted by atomic mass is 16.3. The Bertz CT molecular complexity index is 1120. The van der Waals surface area contributed by atoms with Gasteiger partial charge in [0.2, 0.25) is 0 Å². The third-order valence-corrected chi connectivity index (χ3v) is 6.75. The maximum absolute atomic E-state index is 12.8. The summed E-state index contributed by atoms with van der Waals surface area (Å²) in [5.74, 6) is 1.24. The molecule has 0 saturated heterocycles. The van der Waals surface area contributed by atoms with E-state index in [4.69, 9.17) is 5.10 Å². The lowest BCUT2D eigenvalue weighted by atomic mass is 9.80. The predicted molar refractivity (Wildman–Crippen MR) is 128 cm³/mol. The maximum atomic E-state index is 12.8. The van der Waals surface area contributed by atoms with E-state index < -0.39 is 5.60 Å². The van der Waals surface area contributed by atoms with E-state index in [-0.39, 0.29) is 5.91 Å². The minimum Gasteiger partial charge on any atom is -0.386 e. The fourth-order valence-corrected chi connectivity index (χ4v) is 4.78. The number of pyridine rings is 1. The number of hydrogen-bond donors (Lipinski definition) is 2. The van der Waals surface area contributed by atoms with Gasteiger partial charge in [-0.3, -0.25) is 9.48 Å². The molecule has 0 aliphatic heterocycles. The molecule has 2 heterocycles. The number of aryl methyl sites for hydroxylation is 1. The topological polar surface area (TPSA) is 80.0 Å². The van der Waals surface area contributed by atoms with Crippen molar-refractivity contribution in [3.05, 3.63) is 53.5 Å². The minimum absolute atomic E-state index is 0.294. The molecule has 2 aromatic heterocycles. The second-order valence-corrected chi connectivity index (χ2v) is 10.1. The first kappa shape index (κ1) is 22.5. The molecule has 1 amide bonds. The quantitative estimate of drug-likeness (QED) is 0.547. The molecule has 1 aliphatic rings. The molecule has 0 radical (unpaired) electrons. The number of aromatic nitrogens is 3. The van der Waals surface area contributed by atoms with Crippen LogP contribution in [0.2, 0.25) is 0 Å². The predicted octanol–water partition coefficient (Wildman–Crippen LogP) is 5.61. The number of benzene rings is 1. The lowest BCUT2D eigenvalue weighted by molar-refractivity contribution is 0.0793. The number of nitrogens with one attached hydrogen (secondary N) is 1. The van der Waals surface area contributed by atoms with Crippen molar-refractivity contribution in [2.75, 3.05) is 5.32 Å². The summed E-state index contributed by atoms with van der Waals surface area (Å²) < 4.78 is 2.09. The van der Waals surface area contributed by atoms with Gasteiger partial charge >= 0.3 is 0 Å². The summed E-state index contributed by atoms with van der Waals surface area (Å²) >= 11 is 0. The Morgan fingerprint density at radius 2 is 1.91 bits per heavy atom. The van der Waals surface area contributed by atoms with E-state index in [1.54, 1.807) is 19.9 Å². The SMILES string of the molecule is Cc1cccc(C(=O)Nc2cc3cn(C4CCC(C(C)C)CC4)nc3cc2C(C)(C)O)n1. The van der Waals surface area contributed by atoms with Crippen LogP contribution in [0.1, 0.15) is 81.2 Å². The van der Waals surface area contributed by atoms with Gasteiger partial charge in [0, 0.05) is 28.5 Å². The van der Waals surface area contributed by atoms with Gasteiger partial charge in [-0.05, 0) is 82.6 Å². The van der Waals surface area contributed by atoms with Crippen molar-refractivity contribution in [2.24, 2.45) is 11.8 Å². The highest BCUT2D eigenvalue weighted by Gasteiger charge is 2.27. The average molecular weight is 435 g/mol. The highest BCUT2D eigenvalue weighted by molar-refractivity contribution is 6.04. The van der Waals surface area contributed by atoms with Crippen LogP contribution in [0.4, 0.5) is 5.69 Å². The van der Waals surface area contributed by atoms with E-state index in [1.807, 2.05) is 31.2 Å². The van der Waals surface area contributed by atoms with Crippen LogP contribution >= 0.6 is 0 Å². The van der Waals surface area contributed by atoms with Crippen molar-refractivity contribution in [3.63, 3.8) is 0 Å². The molecule has 170 valence electrons. The Labute approximate surface area is 190 Å². The maximum Gasteiger partial charge on any atom is 0.274 e. The van der Waals surface area contributed by atoms with Crippen molar-refractivity contribution >= 4 is 22.5 Å². The molecule has 0 atom stereocenters. The Balaban J connectivity index is 1.64. The molecule has 1 aromatic carbocycles. The molecule has 6 nitrogen and oxygen atoms in total. The lowest BCUT2D eigenvalue weighted by Gasteiger charge is -2.30. The molecule has 3 aromatic rings. The normalized spacial score (nSPS) is 19.5. The molecular weight excluding hydrogens is 400 g/mol. The zero-order valence-electron chi connectivity index (χ0n) is 19.7. The monoisotopic (exact) mass is 434 g/mol. The van der Waals surface area contributed by atoms with E-state index in [0.717, 1.165) is 41.3 Å². The smallest absolute Gasteiger partial charge is 0.274 e. The molecule has 0 spiro atoms. The van der Waals surface area contributed by atoms with Crippen LogP contribution in [0.5, 0.6) is 0 Å². The molecule has 1 fully saturated rings. The Kier molecular flexibility index (Phi) is 6.08. The van der Waals surface area contributed by atoms with Crippen LogP contribution in [0.15, 0.2) is 36.5 Å². The molecule has 32 heavy (non-hydrogen) atoms.